The van der Waals surface area contributed by atoms with Crippen LogP contribution in [0.3, 0.4) is 0 Å². The molecule has 6 heteroatoms. The van der Waals surface area contributed by atoms with Crippen molar-refractivity contribution in [2.75, 3.05) is 0 Å². The van der Waals surface area contributed by atoms with Crippen LogP contribution >= 0.6 is 11.5 Å². The molecular formula is C10H10N4OS. The first-order valence-electron chi connectivity index (χ1n) is 4.74. The van der Waals surface area contributed by atoms with Crippen LogP contribution in [0.4, 0.5) is 0 Å². The highest BCUT2D eigenvalue weighted by molar-refractivity contribution is 7.07. The van der Waals surface area contributed by atoms with Gasteiger partial charge in [0.2, 0.25) is 0 Å². The molecule has 0 aliphatic carbocycles. The van der Waals surface area contributed by atoms with E-state index in [4.69, 9.17) is 0 Å². The Morgan fingerprint density at radius 2 is 2.38 bits per heavy atom. The van der Waals surface area contributed by atoms with Crippen molar-refractivity contribution in [2.24, 2.45) is 0 Å². The van der Waals surface area contributed by atoms with Crippen LogP contribution in [-0.2, 0) is 6.54 Å². The average molecular weight is 234 g/mol. The van der Waals surface area contributed by atoms with Crippen LogP contribution in [0.5, 0.6) is 0 Å². The number of pyridine rings is 1. The van der Waals surface area contributed by atoms with Crippen LogP contribution in [0, 0.1) is 6.92 Å². The summed E-state index contributed by atoms with van der Waals surface area (Å²) in [5, 5.41) is 6.56. The molecule has 0 saturated carbocycles. The van der Waals surface area contributed by atoms with Crippen molar-refractivity contribution >= 4 is 17.4 Å². The van der Waals surface area contributed by atoms with Gasteiger partial charge in [0.25, 0.3) is 5.91 Å². The Morgan fingerprint density at radius 1 is 1.50 bits per heavy atom. The standard InChI is InChI=1S/C10H10N4OS/c1-7-9(16-14-13-7)10(15)12-6-8-4-2-3-5-11-8/h2-5H,6H2,1H3,(H,12,15). The van der Waals surface area contributed by atoms with E-state index in [9.17, 15) is 4.79 Å². The lowest BCUT2D eigenvalue weighted by Gasteiger charge is -2.02. The quantitative estimate of drug-likeness (QED) is 0.865. The maximum atomic E-state index is 11.7. The van der Waals surface area contributed by atoms with Crippen LogP contribution in [0.1, 0.15) is 21.1 Å². The maximum absolute atomic E-state index is 11.7. The molecule has 2 aromatic rings. The summed E-state index contributed by atoms with van der Waals surface area (Å²) >= 11 is 1.10. The Hall–Kier alpha value is -1.82. The SMILES string of the molecule is Cc1nnsc1C(=O)NCc1ccccn1. The highest BCUT2D eigenvalue weighted by Crippen LogP contribution is 2.08. The molecule has 16 heavy (non-hydrogen) atoms. The van der Waals surface area contributed by atoms with Gasteiger partial charge in [-0.25, -0.2) is 0 Å². The van der Waals surface area contributed by atoms with E-state index >= 15 is 0 Å². The number of nitrogens with zero attached hydrogens (tertiary/aromatic N) is 3. The Bertz CT molecular complexity index is 483. The summed E-state index contributed by atoms with van der Waals surface area (Å²) in [6.07, 6.45) is 1.70. The summed E-state index contributed by atoms with van der Waals surface area (Å²) < 4.78 is 3.71. The summed E-state index contributed by atoms with van der Waals surface area (Å²) in [5.41, 5.74) is 1.48. The van der Waals surface area contributed by atoms with E-state index in [1.165, 1.54) is 0 Å². The van der Waals surface area contributed by atoms with Gasteiger partial charge in [-0.3, -0.25) is 9.78 Å². The first-order chi connectivity index (χ1) is 7.77. The first kappa shape index (κ1) is 10.7. The molecule has 0 fully saturated rings. The van der Waals surface area contributed by atoms with Gasteiger partial charge in [0.15, 0.2) is 0 Å². The van der Waals surface area contributed by atoms with Gasteiger partial charge >= 0.3 is 0 Å². The van der Waals surface area contributed by atoms with Crippen molar-refractivity contribution in [3.05, 3.63) is 40.7 Å². The lowest BCUT2D eigenvalue weighted by atomic mass is 10.3. The monoisotopic (exact) mass is 234 g/mol. The van der Waals surface area contributed by atoms with Gasteiger partial charge in [-0.15, -0.1) is 5.10 Å². The average Bonchev–Trinajstić information content (AvgIpc) is 2.74. The molecule has 2 heterocycles. The van der Waals surface area contributed by atoms with Gasteiger partial charge in [0.1, 0.15) is 4.88 Å². The van der Waals surface area contributed by atoms with Gasteiger partial charge in [0, 0.05) is 6.20 Å². The number of nitrogens with one attached hydrogen (secondary N) is 1. The van der Waals surface area contributed by atoms with Crippen LogP contribution in [0.25, 0.3) is 0 Å². The second kappa shape index (κ2) is 4.80. The van der Waals surface area contributed by atoms with E-state index in [2.05, 4.69) is 19.9 Å². The molecule has 1 amide bonds. The fourth-order valence-electron chi connectivity index (χ4n) is 1.19. The van der Waals surface area contributed by atoms with Crippen molar-refractivity contribution in [3.63, 3.8) is 0 Å². The normalized spacial score (nSPS) is 10.1. The second-order valence-corrected chi connectivity index (χ2v) is 3.95. The summed E-state index contributed by atoms with van der Waals surface area (Å²) in [6.45, 7) is 2.18. The number of carbonyl (C=O) groups is 1. The zero-order valence-corrected chi connectivity index (χ0v) is 9.49. The van der Waals surface area contributed by atoms with Crippen LogP contribution in [0.15, 0.2) is 24.4 Å². The molecule has 0 radical (unpaired) electrons. The van der Waals surface area contributed by atoms with Crippen molar-refractivity contribution in [3.8, 4) is 0 Å². The summed E-state index contributed by atoms with van der Waals surface area (Å²) in [7, 11) is 0. The van der Waals surface area contributed by atoms with Gasteiger partial charge in [-0.05, 0) is 30.6 Å². The zero-order valence-electron chi connectivity index (χ0n) is 8.67. The van der Waals surface area contributed by atoms with Gasteiger partial charge in [-0.2, -0.15) is 0 Å². The van der Waals surface area contributed by atoms with E-state index in [1.54, 1.807) is 13.1 Å². The molecule has 0 spiro atoms. The highest BCUT2D eigenvalue weighted by Gasteiger charge is 2.12. The Kier molecular flexibility index (Phi) is 3.21. The molecule has 0 aliphatic heterocycles. The van der Waals surface area contributed by atoms with Gasteiger partial charge in [0.05, 0.1) is 17.9 Å². The molecule has 2 rings (SSSR count). The number of carbonyl (C=O) groups excluding carboxylic acids is 1. The molecule has 0 aromatic carbocycles. The fraction of sp³-hybridized carbons (Fsp3) is 0.200. The molecule has 5 nitrogen and oxygen atoms in total. The fourth-order valence-corrected chi connectivity index (χ4v) is 1.77. The largest absolute Gasteiger partial charge is 0.346 e. The number of rotatable bonds is 3. The minimum absolute atomic E-state index is 0.154. The molecule has 0 atom stereocenters. The smallest absolute Gasteiger partial charge is 0.265 e. The van der Waals surface area contributed by atoms with Crippen molar-refractivity contribution in [2.45, 2.75) is 13.5 Å². The van der Waals surface area contributed by atoms with Crippen molar-refractivity contribution in [1.29, 1.82) is 0 Å². The maximum Gasteiger partial charge on any atom is 0.265 e. The summed E-state index contributed by atoms with van der Waals surface area (Å²) in [4.78, 5) is 16.4. The molecule has 0 saturated heterocycles. The number of aryl methyl sites for hydroxylation is 1. The predicted octanol–water partition coefficient (Wildman–Crippen LogP) is 1.17. The van der Waals surface area contributed by atoms with Crippen LogP contribution in [-0.4, -0.2) is 20.5 Å². The van der Waals surface area contributed by atoms with Crippen molar-refractivity contribution in [1.82, 2.24) is 19.9 Å². The third kappa shape index (κ3) is 2.40. The van der Waals surface area contributed by atoms with E-state index in [-0.39, 0.29) is 5.91 Å². The van der Waals surface area contributed by atoms with E-state index in [0.29, 0.717) is 17.1 Å². The summed E-state index contributed by atoms with van der Waals surface area (Å²) in [6, 6.07) is 5.58. The molecule has 0 aliphatic rings. The number of amides is 1. The van der Waals surface area contributed by atoms with E-state index in [0.717, 1.165) is 17.2 Å². The molecule has 82 valence electrons. The molecule has 0 bridgehead atoms. The Balaban J connectivity index is 1.97. The van der Waals surface area contributed by atoms with Gasteiger partial charge < -0.3 is 5.32 Å². The molecule has 0 unspecified atom stereocenters. The van der Waals surface area contributed by atoms with Gasteiger partial charge in [-0.1, -0.05) is 10.6 Å². The first-order valence-corrected chi connectivity index (χ1v) is 5.52. The van der Waals surface area contributed by atoms with Crippen LogP contribution < -0.4 is 5.32 Å². The van der Waals surface area contributed by atoms with Crippen LogP contribution in [0.2, 0.25) is 0 Å². The topological polar surface area (TPSA) is 67.8 Å². The number of aromatic nitrogens is 3. The molecule has 1 N–H and O–H groups in total. The third-order valence-corrected chi connectivity index (χ3v) is 2.84. The minimum Gasteiger partial charge on any atom is -0.346 e. The lowest BCUT2D eigenvalue weighted by Crippen LogP contribution is -2.23. The number of hydrogen-bond acceptors (Lipinski definition) is 5. The Labute approximate surface area is 96.7 Å². The highest BCUT2D eigenvalue weighted by atomic mass is 32.1. The lowest BCUT2D eigenvalue weighted by molar-refractivity contribution is 0.0953. The molecule has 2 aromatic heterocycles. The Morgan fingerprint density at radius 3 is 3.00 bits per heavy atom. The van der Waals surface area contributed by atoms with E-state index in [1.807, 2.05) is 18.2 Å². The summed E-state index contributed by atoms with van der Waals surface area (Å²) in [5.74, 6) is -0.154. The zero-order chi connectivity index (χ0) is 11.4. The minimum atomic E-state index is -0.154. The number of hydrogen-bond donors (Lipinski definition) is 1. The molecular weight excluding hydrogens is 224 g/mol. The third-order valence-electron chi connectivity index (χ3n) is 2.01. The second-order valence-electron chi connectivity index (χ2n) is 3.19. The van der Waals surface area contributed by atoms with Crippen molar-refractivity contribution < 1.29 is 4.79 Å². The van der Waals surface area contributed by atoms with E-state index < -0.39 is 0 Å². The predicted molar refractivity (Wildman–Crippen MR) is 60.1 cm³/mol.